The molecule has 1 atom stereocenters. The lowest BCUT2D eigenvalue weighted by Crippen LogP contribution is -2.43. The van der Waals surface area contributed by atoms with Crippen LogP contribution in [0, 0.1) is 11.7 Å². The van der Waals surface area contributed by atoms with Crippen LogP contribution in [0.1, 0.15) is 23.2 Å². The summed E-state index contributed by atoms with van der Waals surface area (Å²) < 4.78 is 18.2. The van der Waals surface area contributed by atoms with Crippen LogP contribution < -0.4 is 10.9 Å². The molecule has 1 fully saturated rings. The molecule has 2 amide bonds. The number of anilines is 1. The lowest BCUT2D eigenvalue weighted by molar-refractivity contribution is -0.121. The number of nitrogens with one attached hydrogen (secondary N) is 1. The van der Waals surface area contributed by atoms with Gasteiger partial charge in [0, 0.05) is 35.8 Å². The molecule has 0 spiro atoms. The molecule has 1 N–H and O–H groups in total. The number of hydrogen-bond donors (Lipinski definition) is 1. The molecule has 29 heavy (non-hydrogen) atoms. The van der Waals surface area contributed by atoms with Crippen molar-refractivity contribution in [3.8, 4) is 0 Å². The maximum Gasteiger partial charge on any atom is 0.336 e. The van der Waals surface area contributed by atoms with E-state index in [2.05, 4.69) is 5.32 Å². The summed E-state index contributed by atoms with van der Waals surface area (Å²) in [6.07, 6.45) is 1.40. The first-order valence-electron chi connectivity index (χ1n) is 9.39. The number of piperidine rings is 1. The number of likely N-dealkylation sites (tertiary alicyclic amines) is 1. The summed E-state index contributed by atoms with van der Waals surface area (Å²) in [7, 11) is 0. The molecule has 1 unspecified atom stereocenters. The molecule has 4 rings (SSSR count). The van der Waals surface area contributed by atoms with E-state index >= 15 is 0 Å². The number of nitrogens with zero attached hydrogens (tertiary/aromatic N) is 1. The zero-order chi connectivity index (χ0) is 20.4. The summed E-state index contributed by atoms with van der Waals surface area (Å²) in [4.78, 5) is 38.3. The number of benzene rings is 2. The Kier molecular flexibility index (Phi) is 5.12. The van der Waals surface area contributed by atoms with Crippen molar-refractivity contribution >= 4 is 28.5 Å². The van der Waals surface area contributed by atoms with Crippen molar-refractivity contribution in [2.45, 2.75) is 12.8 Å². The van der Waals surface area contributed by atoms with Crippen molar-refractivity contribution in [2.75, 3.05) is 18.4 Å². The van der Waals surface area contributed by atoms with Gasteiger partial charge in [-0.05, 0) is 61.4 Å². The van der Waals surface area contributed by atoms with Crippen LogP contribution in [0.3, 0.4) is 0 Å². The molecule has 148 valence electrons. The number of fused-ring (bicyclic) bond motifs is 1. The van der Waals surface area contributed by atoms with Gasteiger partial charge in [0.05, 0.1) is 5.92 Å². The van der Waals surface area contributed by atoms with Crippen LogP contribution in [0.25, 0.3) is 11.0 Å². The Hall–Kier alpha value is -3.48. The second kappa shape index (κ2) is 7.87. The fourth-order valence-electron chi connectivity index (χ4n) is 3.54. The predicted molar refractivity (Wildman–Crippen MR) is 106 cm³/mol. The van der Waals surface area contributed by atoms with E-state index in [0.29, 0.717) is 48.2 Å². The number of halogens is 1. The maximum atomic E-state index is 13.1. The highest BCUT2D eigenvalue weighted by atomic mass is 19.1. The second-order valence-electron chi connectivity index (χ2n) is 7.09. The van der Waals surface area contributed by atoms with Crippen LogP contribution in [0.2, 0.25) is 0 Å². The van der Waals surface area contributed by atoms with Crippen molar-refractivity contribution < 1.29 is 18.4 Å². The zero-order valence-electron chi connectivity index (χ0n) is 15.6. The SMILES string of the molecule is O=C(Nc1ccc2oc(=O)ccc2c1)C1CCCN(C(=O)c2ccc(F)cc2)C1. The van der Waals surface area contributed by atoms with Gasteiger partial charge >= 0.3 is 5.63 Å². The summed E-state index contributed by atoms with van der Waals surface area (Å²) in [6, 6.07) is 13.4. The summed E-state index contributed by atoms with van der Waals surface area (Å²) in [6.45, 7) is 0.875. The molecule has 0 aliphatic carbocycles. The number of carbonyl (C=O) groups is 2. The van der Waals surface area contributed by atoms with Crippen molar-refractivity contribution in [2.24, 2.45) is 5.92 Å². The Balaban J connectivity index is 1.44. The molecule has 2 aromatic carbocycles. The van der Waals surface area contributed by atoms with Crippen LogP contribution in [0.15, 0.2) is 63.8 Å². The van der Waals surface area contributed by atoms with Gasteiger partial charge in [-0.25, -0.2) is 9.18 Å². The fourth-order valence-corrected chi connectivity index (χ4v) is 3.54. The van der Waals surface area contributed by atoms with E-state index in [0.717, 1.165) is 0 Å². The summed E-state index contributed by atoms with van der Waals surface area (Å²) in [5, 5.41) is 3.59. The third kappa shape index (κ3) is 4.18. The van der Waals surface area contributed by atoms with Crippen LogP contribution in [0.4, 0.5) is 10.1 Å². The zero-order valence-corrected chi connectivity index (χ0v) is 15.6. The minimum Gasteiger partial charge on any atom is -0.423 e. The maximum absolute atomic E-state index is 13.1. The number of amides is 2. The molecule has 1 aliphatic heterocycles. The van der Waals surface area contributed by atoms with Crippen molar-refractivity contribution in [3.63, 3.8) is 0 Å². The van der Waals surface area contributed by atoms with E-state index in [4.69, 9.17) is 4.42 Å². The standard InChI is InChI=1S/C22H19FN2O4/c23-17-6-3-14(4-7-17)22(28)25-11-1-2-16(13-25)21(27)24-18-8-9-19-15(12-18)5-10-20(26)29-19/h3-10,12,16H,1-2,11,13H2,(H,24,27). The van der Waals surface area contributed by atoms with E-state index in [1.165, 1.54) is 30.3 Å². The minimum atomic E-state index is -0.428. The molecule has 1 aromatic heterocycles. The molecular weight excluding hydrogens is 375 g/mol. The Labute approximate surface area is 165 Å². The Morgan fingerprint density at radius 3 is 2.66 bits per heavy atom. The lowest BCUT2D eigenvalue weighted by Gasteiger charge is -2.32. The van der Waals surface area contributed by atoms with E-state index in [-0.39, 0.29) is 17.7 Å². The molecule has 0 radical (unpaired) electrons. The van der Waals surface area contributed by atoms with Gasteiger partial charge in [-0.15, -0.1) is 0 Å². The fraction of sp³-hybridized carbons (Fsp3) is 0.227. The van der Waals surface area contributed by atoms with Crippen LogP contribution in [0.5, 0.6) is 0 Å². The monoisotopic (exact) mass is 394 g/mol. The van der Waals surface area contributed by atoms with E-state index in [9.17, 15) is 18.8 Å². The van der Waals surface area contributed by atoms with Crippen molar-refractivity contribution in [1.82, 2.24) is 4.90 Å². The molecule has 3 aromatic rings. The van der Waals surface area contributed by atoms with Crippen LogP contribution >= 0.6 is 0 Å². The van der Waals surface area contributed by atoms with Crippen molar-refractivity contribution in [1.29, 1.82) is 0 Å². The first kappa shape index (κ1) is 18.9. The lowest BCUT2D eigenvalue weighted by atomic mass is 9.96. The van der Waals surface area contributed by atoms with E-state index < -0.39 is 11.4 Å². The predicted octanol–water partition coefficient (Wildman–Crippen LogP) is 3.42. The van der Waals surface area contributed by atoms with Crippen LogP contribution in [-0.4, -0.2) is 29.8 Å². The Bertz CT molecular complexity index is 1120. The first-order chi connectivity index (χ1) is 14.0. The molecular formula is C22H19FN2O4. The molecule has 6 nitrogen and oxygen atoms in total. The molecule has 7 heteroatoms. The molecule has 0 bridgehead atoms. The molecule has 1 saturated heterocycles. The van der Waals surface area contributed by atoms with E-state index in [1.807, 2.05) is 0 Å². The Morgan fingerprint density at radius 2 is 1.86 bits per heavy atom. The summed E-state index contributed by atoms with van der Waals surface area (Å²) in [5.74, 6) is -1.11. The van der Waals surface area contributed by atoms with E-state index in [1.54, 1.807) is 29.2 Å². The first-order valence-corrected chi connectivity index (χ1v) is 9.39. The third-order valence-corrected chi connectivity index (χ3v) is 5.06. The van der Waals surface area contributed by atoms with Gasteiger partial charge < -0.3 is 14.6 Å². The van der Waals surface area contributed by atoms with Gasteiger partial charge in [0.2, 0.25) is 5.91 Å². The molecule has 1 aliphatic rings. The average molecular weight is 394 g/mol. The molecule has 2 heterocycles. The smallest absolute Gasteiger partial charge is 0.336 e. The quantitative estimate of drug-likeness (QED) is 0.691. The summed E-state index contributed by atoms with van der Waals surface area (Å²) in [5.41, 5.74) is 1.02. The van der Waals surface area contributed by atoms with Crippen LogP contribution in [-0.2, 0) is 4.79 Å². The summed E-state index contributed by atoms with van der Waals surface area (Å²) >= 11 is 0. The third-order valence-electron chi connectivity index (χ3n) is 5.06. The topological polar surface area (TPSA) is 79.6 Å². The minimum absolute atomic E-state index is 0.168. The normalized spacial score (nSPS) is 16.6. The van der Waals surface area contributed by atoms with Gasteiger partial charge in [-0.1, -0.05) is 0 Å². The average Bonchev–Trinajstić information content (AvgIpc) is 2.74. The Morgan fingerprint density at radius 1 is 1.07 bits per heavy atom. The highest BCUT2D eigenvalue weighted by Gasteiger charge is 2.29. The largest absolute Gasteiger partial charge is 0.423 e. The van der Waals surface area contributed by atoms with Gasteiger partial charge in [0.15, 0.2) is 0 Å². The number of carbonyl (C=O) groups excluding carboxylic acids is 2. The second-order valence-corrected chi connectivity index (χ2v) is 7.09. The van der Waals surface area contributed by atoms with Gasteiger partial charge in [-0.2, -0.15) is 0 Å². The number of hydrogen-bond acceptors (Lipinski definition) is 4. The highest BCUT2D eigenvalue weighted by Crippen LogP contribution is 2.22. The van der Waals surface area contributed by atoms with Gasteiger partial charge in [-0.3, -0.25) is 9.59 Å². The highest BCUT2D eigenvalue weighted by molar-refractivity contribution is 5.97. The van der Waals surface area contributed by atoms with Gasteiger partial charge in [0.1, 0.15) is 11.4 Å². The van der Waals surface area contributed by atoms with Crippen molar-refractivity contribution in [3.05, 3.63) is 76.4 Å². The molecule has 0 saturated carbocycles. The van der Waals surface area contributed by atoms with Gasteiger partial charge in [0.25, 0.3) is 5.91 Å². The number of rotatable bonds is 3.